The summed E-state index contributed by atoms with van der Waals surface area (Å²) >= 11 is 0. The SMILES string of the molecule is CCC[N+](C)(CCC)CCC.O=S(=O)([O-])C(F)(F)F. The van der Waals surface area contributed by atoms with Crippen molar-refractivity contribution in [1.29, 1.82) is 0 Å². The zero-order valence-corrected chi connectivity index (χ0v) is 12.8. The Bertz CT molecular complexity index is 312. The van der Waals surface area contributed by atoms with Crippen molar-refractivity contribution >= 4 is 10.1 Å². The Labute approximate surface area is 113 Å². The summed E-state index contributed by atoms with van der Waals surface area (Å²) in [6, 6.07) is 0. The highest BCUT2D eigenvalue weighted by Crippen LogP contribution is 2.20. The average molecular weight is 307 g/mol. The lowest BCUT2D eigenvalue weighted by molar-refractivity contribution is -0.909. The first-order chi connectivity index (χ1) is 8.43. The highest BCUT2D eigenvalue weighted by Gasteiger charge is 2.36. The van der Waals surface area contributed by atoms with Gasteiger partial charge in [0.1, 0.15) is 0 Å². The summed E-state index contributed by atoms with van der Waals surface area (Å²) in [7, 11) is -3.70. The van der Waals surface area contributed by atoms with Gasteiger partial charge in [-0.15, -0.1) is 0 Å². The number of hydrogen-bond acceptors (Lipinski definition) is 3. The van der Waals surface area contributed by atoms with Crippen LogP contribution in [0, 0.1) is 0 Å². The molecule has 0 amide bonds. The molecule has 4 nitrogen and oxygen atoms in total. The van der Waals surface area contributed by atoms with E-state index in [0.29, 0.717) is 0 Å². The maximum absolute atomic E-state index is 10.7. The van der Waals surface area contributed by atoms with E-state index in [2.05, 4.69) is 27.8 Å². The molecule has 0 saturated carbocycles. The summed E-state index contributed by atoms with van der Waals surface area (Å²) in [5.74, 6) is 0. The minimum Gasteiger partial charge on any atom is -0.741 e. The van der Waals surface area contributed by atoms with Crippen molar-refractivity contribution in [3.05, 3.63) is 0 Å². The van der Waals surface area contributed by atoms with Gasteiger partial charge in [0.15, 0.2) is 10.1 Å². The van der Waals surface area contributed by atoms with Gasteiger partial charge in [0.05, 0.1) is 26.7 Å². The quantitative estimate of drug-likeness (QED) is 0.431. The van der Waals surface area contributed by atoms with Crippen LogP contribution >= 0.6 is 0 Å². The molecule has 0 radical (unpaired) electrons. The van der Waals surface area contributed by atoms with Crippen molar-refractivity contribution < 1.29 is 30.6 Å². The van der Waals surface area contributed by atoms with Gasteiger partial charge in [-0.1, -0.05) is 20.8 Å². The molecular weight excluding hydrogens is 283 g/mol. The Morgan fingerprint density at radius 3 is 1.26 bits per heavy atom. The van der Waals surface area contributed by atoms with Crippen LogP contribution in [0.3, 0.4) is 0 Å². The molecule has 0 aliphatic carbocycles. The van der Waals surface area contributed by atoms with Crippen molar-refractivity contribution in [2.45, 2.75) is 45.5 Å². The Hall–Kier alpha value is -0.340. The molecule has 0 fully saturated rings. The van der Waals surface area contributed by atoms with Crippen molar-refractivity contribution in [2.24, 2.45) is 0 Å². The van der Waals surface area contributed by atoms with Gasteiger partial charge in [-0.2, -0.15) is 13.2 Å². The van der Waals surface area contributed by atoms with Gasteiger partial charge >= 0.3 is 5.51 Å². The standard InChI is InChI=1S/C10H24N.CHF3O3S/c1-5-8-11(4,9-6-2)10-7-3;2-1(3,4)8(5,6)7/h5-10H2,1-4H3;(H,5,6,7)/q+1;/p-1. The fraction of sp³-hybridized carbons (Fsp3) is 1.00. The number of rotatable bonds is 6. The fourth-order valence-electron chi connectivity index (χ4n) is 1.95. The monoisotopic (exact) mass is 307 g/mol. The molecule has 0 N–H and O–H groups in total. The molecule has 8 heteroatoms. The lowest BCUT2D eigenvalue weighted by Gasteiger charge is -2.33. The molecule has 0 atom stereocenters. The first kappa shape index (κ1) is 21.0. The summed E-state index contributed by atoms with van der Waals surface area (Å²) in [6.07, 6.45) is 3.95. The molecule has 19 heavy (non-hydrogen) atoms. The molecule has 0 heterocycles. The lowest BCUT2D eigenvalue weighted by Crippen LogP contribution is -2.45. The first-order valence-corrected chi connectivity index (χ1v) is 7.70. The zero-order valence-electron chi connectivity index (χ0n) is 12.0. The molecule has 0 aromatic rings. The molecule has 0 aliphatic rings. The Balaban J connectivity index is 0. The number of halogens is 3. The first-order valence-electron chi connectivity index (χ1n) is 6.29. The molecule has 0 aliphatic heterocycles. The number of alkyl halides is 3. The normalized spacial score (nSPS) is 12.8. The van der Waals surface area contributed by atoms with Gasteiger partial charge in [0.2, 0.25) is 0 Å². The van der Waals surface area contributed by atoms with E-state index in [-0.39, 0.29) is 0 Å². The molecule has 118 valence electrons. The number of quaternary nitrogens is 1. The highest BCUT2D eigenvalue weighted by molar-refractivity contribution is 7.86. The molecule has 0 unspecified atom stereocenters. The van der Waals surface area contributed by atoms with Crippen LogP contribution in [0.2, 0.25) is 0 Å². The number of nitrogens with zero attached hydrogens (tertiary/aromatic N) is 1. The van der Waals surface area contributed by atoms with E-state index in [1.165, 1.54) is 43.4 Å². The molecule has 0 aromatic heterocycles. The summed E-state index contributed by atoms with van der Waals surface area (Å²) in [5, 5.41) is 0. The van der Waals surface area contributed by atoms with Crippen LogP contribution in [0.5, 0.6) is 0 Å². The lowest BCUT2D eigenvalue weighted by atomic mass is 10.2. The molecule has 0 spiro atoms. The van der Waals surface area contributed by atoms with E-state index in [1.807, 2.05) is 0 Å². The van der Waals surface area contributed by atoms with Gasteiger partial charge in [0, 0.05) is 0 Å². The molecule has 0 saturated heterocycles. The van der Waals surface area contributed by atoms with Crippen molar-refractivity contribution in [1.82, 2.24) is 0 Å². The van der Waals surface area contributed by atoms with E-state index in [9.17, 15) is 13.2 Å². The largest absolute Gasteiger partial charge is 0.741 e. The minimum atomic E-state index is -6.09. The van der Waals surface area contributed by atoms with E-state index < -0.39 is 15.6 Å². The van der Waals surface area contributed by atoms with Crippen molar-refractivity contribution in [3.8, 4) is 0 Å². The third-order valence-corrected chi connectivity index (χ3v) is 3.14. The third kappa shape index (κ3) is 10.1. The predicted octanol–water partition coefficient (Wildman–Crippen LogP) is 2.71. The van der Waals surface area contributed by atoms with Crippen molar-refractivity contribution in [2.75, 3.05) is 26.7 Å². The molecule has 0 bridgehead atoms. The van der Waals surface area contributed by atoms with Gasteiger partial charge in [-0.05, 0) is 19.3 Å². The van der Waals surface area contributed by atoms with E-state index in [0.717, 1.165) is 0 Å². The van der Waals surface area contributed by atoms with Crippen LogP contribution < -0.4 is 0 Å². The molecule has 0 rings (SSSR count). The second-order valence-electron chi connectivity index (χ2n) is 4.69. The van der Waals surface area contributed by atoms with E-state index in [4.69, 9.17) is 13.0 Å². The second kappa shape index (κ2) is 8.76. The minimum absolute atomic E-state index is 1.28. The molecule has 0 aromatic carbocycles. The van der Waals surface area contributed by atoms with Crippen LogP contribution in [-0.2, 0) is 10.1 Å². The fourth-order valence-corrected chi connectivity index (χ4v) is 1.95. The summed E-state index contributed by atoms with van der Waals surface area (Å²) in [4.78, 5) is 0. The predicted molar refractivity (Wildman–Crippen MR) is 67.4 cm³/mol. The van der Waals surface area contributed by atoms with Crippen LogP contribution in [0.25, 0.3) is 0 Å². The van der Waals surface area contributed by atoms with Gasteiger partial charge < -0.3 is 9.04 Å². The maximum Gasteiger partial charge on any atom is 0.485 e. The molecular formula is C11H24F3NO3S. The van der Waals surface area contributed by atoms with Crippen LogP contribution in [0.15, 0.2) is 0 Å². The van der Waals surface area contributed by atoms with Gasteiger partial charge in [0.25, 0.3) is 0 Å². The third-order valence-electron chi connectivity index (χ3n) is 2.57. The summed E-state index contributed by atoms with van der Waals surface area (Å²) in [6.45, 7) is 10.9. The van der Waals surface area contributed by atoms with Crippen LogP contribution in [-0.4, -0.2) is 49.6 Å². The maximum atomic E-state index is 10.7. The summed E-state index contributed by atoms with van der Waals surface area (Å²) < 4.78 is 60.2. The smallest absolute Gasteiger partial charge is 0.485 e. The Morgan fingerprint density at radius 2 is 1.16 bits per heavy atom. The Morgan fingerprint density at radius 1 is 0.947 bits per heavy atom. The summed E-state index contributed by atoms with van der Waals surface area (Å²) in [5.41, 5.74) is -5.65. The topological polar surface area (TPSA) is 57.2 Å². The van der Waals surface area contributed by atoms with E-state index >= 15 is 0 Å². The average Bonchev–Trinajstić information content (AvgIpc) is 2.15. The zero-order chi connectivity index (χ0) is 15.7. The van der Waals surface area contributed by atoms with Crippen molar-refractivity contribution in [3.63, 3.8) is 0 Å². The van der Waals surface area contributed by atoms with E-state index in [1.54, 1.807) is 0 Å². The van der Waals surface area contributed by atoms with Gasteiger partial charge in [-0.25, -0.2) is 8.42 Å². The highest BCUT2D eigenvalue weighted by atomic mass is 32.2. The second-order valence-corrected chi connectivity index (χ2v) is 6.06. The van der Waals surface area contributed by atoms with Crippen LogP contribution in [0.1, 0.15) is 40.0 Å². The number of hydrogen-bond donors (Lipinski definition) is 0. The van der Waals surface area contributed by atoms with Crippen LogP contribution in [0.4, 0.5) is 13.2 Å². The Kier molecular flexibility index (Phi) is 9.66. The van der Waals surface area contributed by atoms with Gasteiger partial charge in [-0.3, -0.25) is 0 Å².